The van der Waals surface area contributed by atoms with Crippen molar-refractivity contribution in [3.8, 4) is 10.4 Å². The molecule has 0 aliphatic carbocycles. The molecule has 3 aromatic carbocycles. The molecular formula is C41H50ClN9O2S2. The van der Waals surface area contributed by atoms with E-state index in [1.54, 1.807) is 23.1 Å². The topological polar surface area (TPSA) is 148 Å². The van der Waals surface area contributed by atoms with Crippen LogP contribution < -0.4 is 32.5 Å². The number of ether oxygens (including phenoxy) is 1. The van der Waals surface area contributed by atoms with Gasteiger partial charge in [-0.15, -0.1) is 11.3 Å². The Hall–Kier alpha value is -4.37. The van der Waals surface area contributed by atoms with Crippen molar-refractivity contribution < 1.29 is 9.53 Å². The monoisotopic (exact) mass is 799 g/mol. The molecule has 11 nitrogen and oxygen atoms in total. The van der Waals surface area contributed by atoms with Crippen LogP contribution in [0.25, 0.3) is 32.2 Å². The minimum atomic E-state index is 0.00402. The molecule has 0 spiro atoms. The zero-order chi connectivity index (χ0) is 38.7. The average Bonchev–Trinajstić information content (AvgIpc) is 3.79. The van der Waals surface area contributed by atoms with Crippen LogP contribution in [-0.2, 0) is 35.6 Å². The minimum Gasteiger partial charge on any atom is -0.393 e. The van der Waals surface area contributed by atoms with E-state index in [0.717, 1.165) is 36.4 Å². The number of hydrogen-bond acceptors (Lipinski definition) is 11. The largest absolute Gasteiger partial charge is 0.393 e. The van der Waals surface area contributed by atoms with E-state index in [9.17, 15) is 4.79 Å². The van der Waals surface area contributed by atoms with Gasteiger partial charge in [-0.3, -0.25) is 9.80 Å². The number of amides is 1. The van der Waals surface area contributed by atoms with Crippen LogP contribution in [0.4, 0.5) is 17.3 Å². The number of benzene rings is 3. The summed E-state index contributed by atoms with van der Waals surface area (Å²) in [5.74, 6) is 8.26. The highest BCUT2D eigenvalue weighted by Gasteiger charge is 2.17. The Balaban J connectivity index is 0.947. The Morgan fingerprint density at radius 1 is 0.964 bits per heavy atom. The number of fused-ring (bicyclic) bond motifs is 3. The second-order valence-electron chi connectivity index (χ2n) is 13.3. The molecule has 7 N–H and O–H groups in total. The Kier molecular flexibility index (Phi) is 14.3. The average molecular weight is 800 g/mol. The molecule has 0 radical (unpaired) electrons. The molecule has 1 amide bonds. The summed E-state index contributed by atoms with van der Waals surface area (Å²) in [6, 6.07) is 23.2. The summed E-state index contributed by atoms with van der Waals surface area (Å²) in [6.45, 7) is 8.16. The van der Waals surface area contributed by atoms with E-state index in [4.69, 9.17) is 27.9 Å². The maximum atomic E-state index is 12.7. The van der Waals surface area contributed by atoms with Gasteiger partial charge in [-0.25, -0.2) is 15.8 Å². The lowest BCUT2D eigenvalue weighted by Gasteiger charge is -2.21. The van der Waals surface area contributed by atoms with Crippen LogP contribution in [0.1, 0.15) is 43.4 Å². The zero-order valence-corrected chi connectivity index (χ0v) is 34.0. The molecule has 0 unspecified atom stereocenters. The Morgan fingerprint density at radius 3 is 2.55 bits per heavy atom. The van der Waals surface area contributed by atoms with Gasteiger partial charge in [0.15, 0.2) is 16.8 Å². The number of anilines is 3. The summed E-state index contributed by atoms with van der Waals surface area (Å²) >= 11 is 9.31. The first-order valence-electron chi connectivity index (χ1n) is 18.7. The van der Waals surface area contributed by atoms with Crippen LogP contribution in [0.3, 0.4) is 0 Å². The number of carbonyl (C=O) groups excluding carboxylic acids is 1. The predicted molar refractivity (Wildman–Crippen MR) is 231 cm³/mol. The maximum Gasteiger partial charge on any atom is 0.220 e. The van der Waals surface area contributed by atoms with Gasteiger partial charge < -0.3 is 31.0 Å². The Bertz CT molecular complexity index is 2210. The van der Waals surface area contributed by atoms with Gasteiger partial charge in [0.2, 0.25) is 5.91 Å². The van der Waals surface area contributed by atoms with E-state index < -0.39 is 0 Å². The number of thiophene rings is 1. The summed E-state index contributed by atoms with van der Waals surface area (Å²) in [5, 5.41) is 17.0. The van der Waals surface area contributed by atoms with Crippen LogP contribution in [0.5, 0.6) is 0 Å². The van der Waals surface area contributed by atoms with Crippen molar-refractivity contribution in [2.75, 3.05) is 55.2 Å². The number of aryl methyl sites for hydroxylation is 2. The number of nitrogens with two attached hydrogens (primary N) is 2. The second kappa shape index (κ2) is 19.5. The number of hydrazine groups is 1. The van der Waals surface area contributed by atoms with Gasteiger partial charge in [-0.05, 0) is 90.8 Å². The van der Waals surface area contributed by atoms with Gasteiger partial charge in [0.25, 0.3) is 0 Å². The van der Waals surface area contributed by atoms with Gasteiger partial charge in [0, 0.05) is 70.1 Å². The Labute approximate surface area is 336 Å². The number of thioether (sulfide) groups is 1. The fourth-order valence-corrected chi connectivity index (χ4v) is 8.24. The van der Waals surface area contributed by atoms with Crippen LogP contribution in [0.2, 0.25) is 5.02 Å². The highest BCUT2D eigenvalue weighted by Crippen LogP contribution is 2.35. The summed E-state index contributed by atoms with van der Waals surface area (Å²) in [4.78, 5) is 23.1. The minimum absolute atomic E-state index is 0.00402. The first-order chi connectivity index (χ1) is 26.8. The molecule has 3 heterocycles. The summed E-state index contributed by atoms with van der Waals surface area (Å²) in [5.41, 5.74) is 14.0. The smallest absolute Gasteiger partial charge is 0.220 e. The third-order valence-electron chi connectivity index (χ3n) is 9.19. The molecule has 0 saturated carbocycles. The van der Waals surface area contributed by atoms with Crippen LogP contribution >= 0.6 is 34.7 Å². The van der Waals surface area contributed by atoms with E-state index in [1.807, 2.05) is 31.3 Å². The fraction of sp³-hybridized carbons (Fsp3) is 0.341. The molecular weight excluding hydrogens is 750 g/mol. The van der Waals surface area contributed by atoms with Gasteiger partial charge in [0.05, 0.1) is 19.8 Å². The molecule has 0 bridgehead atoms. The molecule has 3 aromatic heterocycles. The molecule has 55 heavy (non-hydrogen) atoms. The van der Waals surface area contributed by atoms with E-state index in [1.165, 1.54) is 42.8 Å². The molecule has 6 rings (SSSR count). The number of nitrogen functional groups attached to an aromatic ring is 1. The highest BCUT2D eigenvalue weighted by molar-refractivity contribution is 7.99. The van der Waals surface area contributed by atoms with Crippen molar-refractivity contribution in [2.45, 2.75) is 57.9 Å². The van der Waals surface area contributed by atoms with Gasteiger partial charge >= 0.3 is 0 Å². The first kappa shape index (κ1) is 40.3. The molecule has 290 valence electrons. The lowest BCUT2D eigenvalue weighted by Crippen LogP contribution is -2.32. The highest BCUT2D eigenvalue weighted by atomic mass is 35.5. The van der Waals surface area contributed by atoms with Crippen molar-refractivity contribution in [3.63, 3.8) is 0 Å². The standard InChI is InChI=1S/C41H50ClN9O2S2/c1-4-20-54-41-48-39(38(43)40(49-41)51(44)25-27-6-11-31(42)12-7-27)47-17-19-53-18-16-46-37(52)15-9-29-22-36(55-26-29)30-10-13-32-33-21-28(24-45-3)8-14-34(33)50(5-2)35(32)23-30/h6-8,10-14,21-23,26,45H,4-5,9,15-20,24-25,43-44H2,1-3H3,(H,46,52)(H,47,48,49). The molecule has 14 heteroatoms. The van der Waals surface area contributed by atoms with Crippen molar-refractivity contribution in [2.24, 2.45) is 5.84 Å². The lowest BCUT2D eigenvalue weighted by atomic mass is 10.1. The van der Waals surface area contributed by atoms with E-state index in [-0.39, 0.29) is 5.91 Å². The molecule has 0 saturated heterocycles. The first-order valence-corrected chi connectivity index (χ1v) is 20.9. The van der Waals surface area contributed by atoms with Gasteiger partial charge in [-0.2, -0.15) is 0 Å². The maximum absolute atomic E-state index is 12.7. The lowest BCUT2D eigenvalue weighted by molar-refractivity contribution is -0.121. The summed E-state index contributed by atoms with van der Waals surface area (Å²) in [7, 11) is 1.98. The van der Waals surface area contributed by atoms with Crippen LogP contribution in [0, 0.1) is 0 Å². The van der Waals surface area contributed by atoms with Crippen molar-refractivity contribution in [1.29, 1.82) is 0 Å². The number of nitrogens with one attached hydrogen (secondary N) is 3. The fourth-order valence-electron chi connectivity index (χ4n) is 6.48. The number of halogens is 1. The van der Waals surface area contributed by atoms with Crippen molar-refractivity contribution in [1.82, 2.24) is 25.2 Å². The quantitative estimate of drug-likeness (QED) is 0.0170. The third kappa shape index (κ3) is 10.3. The second-order valence-corrected chi connectivity index (χ2v) is 15.7. The third-order valence-corrected chi connectivity index (χ3v) is 11.5. The number of carbonyl (C=O) groups is 1. The van der Waals surface area contributed by atoms with E-state index >= 15 is 0 Å². The molecule has 6 aromatic rings. The van der Waals surface area contributed by atoms with Gasteiger partial charge in [0.1, 0.15) is 5.69 Å². The number of rotatable bonds is 20. The zero-order valence-electron chi connectivity index (χ0n) is 31.7. The SMILES string of the molecule is CCCSc1nc(NCCOCCNC(=O)CCc2csc(-c3ccc4c5cc(CNC)ccc5n(CC)c4c3)c2)c(N)c(N(N)Cc2ccc(Cl)cc2)n1. The van der Waals surface area contributed by atoms with Crippen LogP contribution in [-0.4, -0.2) is 59.5 Å². The predicted octanol–water partition coefficient (Wildman–Crippen LogP) is 7.85. The van der Waals surface area contributed by atoms with Crippen LogP contribution in [0.15, 0.2) is 77.3 Å². The van der Waals surface area contributed by atoms with Gasteiger partial charge in [-0.1, -0.05) is 60.6 Å². The van der Waals surface area contributed by atoms with Crippen molar-refractivity contribution >= 4 is 79.7 Å². The summed E-state index contributed by atoms with van der Waals surface area (Å²) < 4.78 is 8.18. The molecule has 0 atom stereocenters. The molecule has 0 aliphatic heterocycles. The molecule has 0 aliphatic rings. The summed E-state index contributed by atoms with van der Waals surface area (Å²) in [6.07, 6.45) is 2.08. The normalized spacial score (nSPS) is 11.4. The van der Waals surface area contributed by atoms with E-state index in [2.05, 4.69) is 92.2 Å². The van der Waals surface area contributed by atoms with E-state index in [0.29, 0.717) is 73.2 Å². The number of aromatic nitrogens is 3. The molecule has 0 fully saturated rings. The Morgan fingerprint density at radius 2 is 1.76 bits per heavy atom. The number of hydrogen-bond donors (Lipinski definition) is 5. The van der Waals surface area contributed by atoms with Crippen molar-refractivity contribution in [3.05, 3.63) is 93.8 Å². The number of nitrogens with zero attached hydrogens (tertiary/aromatic N) is 4.